The molecule has 0 aliphatic heterocycles. The number of aromatic nitrogens is 2. The van der Waals surface area contributed by atoms with Crippen LogP contribution in [0.15, 0.2) is 46.9 Å². The normalized spacial score (nSPS) is 10.7. The summed E-state index contributed by atoms with van der Waals surface area (Å²) >= 11 is 3.17. The van der Waals surface area contributed by atoms with Crippen molar-refractivity contribution in [1.29, 1.82) is 0 Å². The van der Waals surface area contributed by atoms with Gasteiger partial charge in [-0.05, 0) is 35.7 Å². The van der Waals surface area contributed by atoms with Gasteiger partial charge in [0, 0.05) is 17.1 Å². The van der Waals surface area contributed by atoms with Gasteiger partial charge in [-0.25, -0.2) is 9.97 Å². The number of nitrogens with one attached hydrogen (secondary N) is 1. The van der Waals surface area contributed by atoms with Crippen molar-refractivity contribution in [1.82, 2.24) is 9.97 Å². The summed E-state index contributed by atoms with van der Waals surface area (Å²) in [5.41, 5.74) is 0. The Morgan fingerprint density at radius 3 is 2.87 bits per heavy atom. The third-order valence-electron chi connectivity index (χ3n) is 3.18. The van der Waals surface area contributed by atoms with Crippen LogP contribution in [0.5, 0.6) is 5.75 Å². The van der Waals surface area contributed by atoms with E-state index >= 15 is 0 Å². The van der Waals surface area contributed by atoms with Gasteiger partial charge >= 0.3 is 0 Å². The molecule has 23 heavy (non-hydrogen) atoms. The first-order valence-corrected chi connectivity index (χ1v) is 8.87. The van der Waals surface area contributed by atoms with E-state index in [1.54, 1.807) is 18.9 Å². The van der Waals surface area contributed by atoms with E-state index in [2.05, 4.69) is 15.3 Å². The second-order valence-corrected chi connectivity index (χ2v) is 6.75. The molecule has 3 rings (SSSR count). The number of amides is 1. The van der Waals surface area contributed by atoms with Gasteiger partial charge in [0.05, 0.1) is 12.5 Å². The van der Waals surface area contributed by atoms with Crippen LogP contribution in [-0.4, -0.2) is 28.7 Å². The minimum absolute atomic E-state index is 0.0442. The molecule has 2 aromatic heterocycles. The van der Waals surface area contributed by atoms with E-state index in [-0.39, 0.29) is 5.91 Å². The topological polar surface area (TPSA) is 64.1 Å². The molecule has 0 saturated heterocycles. The molecule has 0 saturated carbocycles. The molecule has 118 valence electrons. The number of nitrogens with zero attached hydrogens (tertiary/aromatic N) is 2. The van der Waals surface area contributed by atoms with Gasteiger partial charge in [-0.1, -0.05) is 0 Å². The largest absolute Gasteiger partial charge is 0.497 e. The van der Waals surface area contributed by atoms with E-state index in [9.17, 15) is 4.79 Å². The highest BCUT2D eigenvalue weighted by atomic mass is 32.2. The lowest BCUT2D eigenvalue weighted by Crippen LogP contribution is -2.13. The molecule has 1 N–H and O–H groups in total. The smallest absolute Gasteiger partial charge is 0.226 e. The van der Waals surface area contributed by atoms with Gasteiger partial charge in [0.1, 0.15) is 22.7 Å². The molecule has 0 atom stereocenters. The molecule has 3 aromatic rings. The van der Waals surface area contributed by atoms with E-state index in [1.807, 2.05) is 35.7 Å². The number of fused-ring (bicyclic) bond motifs is 1. The maximum Gasteiger partial charge on any atom is 0.226 e. The van der Waals surface area contributed by atoms with Crippen molar-refractivity contribution in [2.45, 2.75) is 11.3 Å². The van der Waals surface area contributed by atoms with E-state index in [0.717, 1.165) is 20.9 Å². The van der Waals surface area contributed by atoms with E-state index in [0.29, 0.717) is 18.0 Å². The van der Waals surface area contributed by atoms with Crippen LogP contribution in [0.1, 0.15) is 6.42 Å². The Balaban J connectivity index is 1.52. The molecule has 0 unspecified atom stereocenters. The molecular weight excluding hydrogens is 330 g/mol. The summed E-state index contributed by atoms with van der Waals surface area (Å²) < 4.78 is 5.12. The number of hydrogen-bond acceptors (Lipinski definition) is 6. The maximum absolute atomic E-state index is 12.1. The number of hydrogen-bond donors (Lipinski definition) is 1. The Hall–Kier alpha value is -2.12. The number of thiophene rings is 1. The molecular formula is C16H15N3O2S2. The minimum atomic E-state index is -0.0442. The number of carbonyl (C=O) groups is 1. The van der Waals surface area contributed by atoms with Crippen LogP contribution in [0.4, 0.5) is 5.82 Å². The van der Waals surface area contributed by atoms with Gasteiger partial charge in [0.2, 0.25) is 5.91 Å². The molecule has 0 fully saturated rings. The Morgan fingerprint density at radius 2 is 2.09 bits per heavy atom. The van der Waals surface area contributed by atoms with Crippen molar-refractivity contribution in [3.63, 3.8) is 0 Å². The van der Waals surface area contributed by atoms with Crippen LogP contribution in [0.2, 0.25) is 0 Å². The SMILES string of the molecule is COc1ccc(SCCC(=O)Nc2ncnc3sccc23)cc1. The standard InChI is InChI=1S/C16H15N3O2S2/c1-21-11-2-4-12(5-3-11)22-9-7-14(20)19-15-13-6-8-23-16(13)18-10-17-15/h2-6,8,10H,7,9H2,1H3,(H,17,18,19,20). The molecule has 0 bridgehead atoms. The van der Waals surface area contributed by atoms with Gasteiger partial charge in [-0.3, -0.25) is 4.79 Å². The quantitative estimate of drug-likeness (QED) is 0.688. The third-order valence-corrected chi connectivity index (χ3v) is 5.01. The highest BCUT2D eigenvalue weighted by molar-refractivity contribution is 7.99. The van der Waals surface area contributed by atoms with E-state index in [4.69, 9.17) is 4.74 Å². The number of methoxy groups -OCH3 is 1. The highest BCUT2D eigenvalue weighted by Crippen LogP contribution is 2.24. The average Bonchev–Trinajstić information content (AvgIpc) is 3.05. The summed E-state index contributed by atoms with van der Waals surface area (Å²) in [7, 11) is 1.64. The molecule has 5 nitrogen and oxygen atoms in total. The van der Waals surface area contributed by atoms with Crippen LogP contribution in [0, 0.1) is 0 Å². The molecule has 1 amide bonds. The predicted molar refractivity (Wildman–Crippen MR) is 94.4 cm³/mol. The van der Waals surface area contributed by atoms with Gasteiger partial charge in [0.25, 0.3) is 0 Å². The minimum Gasteiger partial charge on any atom is -0.497 e. The van der Waals surface area contributed by atoms with Gasteiger partial charge in [-0.15, -0.1) is 23.1 Å². The Morgan fingerprint density at radius 1 is 1.26 bits per heavy atom. The zero-order valence-corrected chi connectivity index (χ0v) is 14.1. The summed E-state index contributed by atoms with van der Waals surface area (Å²) in [6, 6.07) is 9.72. The lowest BCUT2D eigenvalue weighted by Gasteiger charge is -2.06. The first kappa shape index (κ1) is 15.8. The van der Waals surface area contributed by atoms with Crippen molar-refractivity contribution in [3.05, 3.63) is 42.0 Å². The van der Waals surface area contributed by atoms with Crippen molar-refractivity contribution in [3.8, 4) is 5.75 Å². The van der Waals surface area contributed by atoms with Crippen molar-refractivity contribution in [2.75, 3.05) is 18.2 Å². The molecule has 2 heterocycles. The number of thioether (sulfide) groups is 1. The lowest BCUT2D eigenvalue weighted by atomic mass is 10.3. The maximum atomic E-state index is 12.1. The number of carbonyl (C=O) groups excluding carboxylic acids is 1. The van der Waals surface area contributed by atoms with Crippen LogP contribution in [0.3, 0.4) is 0 Å². The predicted octanol–water partition coefficient (Wildman–Crippen LogP) is 3.82. The summed E-state index contributed by atoms with van der Waals surface area (Å²) in [5.74, 6) is 2.07. The van der Waals surface area contributed by atoms with Crippen molar-refractivity contribution < 1.29 is 9.53 Å². The number of rotatable bonds is 6. The van der Waals surface area contributed by atoms with Crippen LogP contribution < -0.4 is 10.1 Å². The fourth-order valence-electron chi connectivity index (χ4n) is 2.02. The molecule has 1 aromatic carbocycles. The summed E-state index contributed by atoms with van der Waals surface area (Å²) in [6.45, 7) is 0. The van der Waals surface area contributed by atoms with Crippen molar-refractivity contribution in [2.24, 2.45) is 0 Å². The van der Waals surface area contributed by atoms with Crippen LogP contribution in [-0.2, 0) is 4.79 Å². The number of anilines is 1. The Bertz CT molecular complexity index is 802. The summed E-state index contributed by atoms with van der Waals surface area (Å²) in [5, 5.41) is 5.68. The second kappa shape index (κ2) is 7.43. The van der Waals surface area contributed by atoms with Crippen LogP contribution >= 0.6 is 23.1 Å². The average molecular weight is 345 g/mol. The zero-order chi connectivity index (χ0) is 16.1. The first-order chi connectivity index (χ1) is 11.3. The van der Waals surface area contributed by atoms with Crippen LogP contribution in [0.25, 0.3) is 10.2 Å². The molecule has 0 radical (unpaired) electrons. The molecule has 0 aliphatic carbocycles. The molecule has 7 heteroatoms. The Labute approximate surface area is 142 Å². The fraction of sp³-hybridized carbons (Fsp3) is 0.188. The molecule has 0 spiro atoms. The monoisotopic (exact) mass is 345 g/mol. The van der Waals surface area contributed by atoms with Gasteiger partial charge in [-0.2, -0.15) is 0 Å². The first-order valence-electron chi connectivity index (χ1n) is 7.01. The van der Waals surface area contributed by atoms with Gasteiger partial charge < -0.3 is 10.1 Å². The zero-order valence-electron chi connectivity index (χ0n) is 12.5. The Kier molecular flexibility index (Phi) is 5.09. The third kappa shape index (κ3) is 4.00. The number of ether oxygens (including phenoxy) is 1. The van der Waals surface area contributed by atoms with E-state index in [1.165, 1.54) is 17.7 Å². The highest BCUT2D eigenvalue weighted by Gasteiger charge is 2.08. The molecule has 0 aliphatic rings. The number of benzene rings is 1. The fourth-order valence-corrected chi connectivity index (χ4v) is 3.60. The summed E-state index contributed by atoms with van der Waals surface area (Å²) in [4.78, 5) is 22.4. The van der Waals surface area contributed by atoms with Crippen molar-refractivity contribution >= 4 is 45.0 Å². The second-order valence-electron chi connectivity index (χ2n) is 4.68. The van der Waals surface area contributed by atoms with Gasteiger partial charge in [0.15, 0.2) is 0 Å². The summed E-state index contributed by atoms with van der Waals surface area (Å²) in [6.07, 6.45) is 1.90. The van der Waals surface area contributed by atoms with E-state index < -0.39 is 0 Å². The lowest BCUT2D eigenvalue weighted by molar-refractivity contribution is -0.115.